The summed E-state index contributed by atoms with van der Waals surface area (Å²) in [7, 11) is 3.32. The van der Waals surface area contributed by atoms with Gasteiger partial charge in [-0.05, 0) is 106 Å². The molecular formula is C58H38N4O3. The fraction of sp³-hybridized carbons (Fsp3) is 0.0345. The maximum Gasteiger partial charge on any atom is 0.151 e. The van der Waals surface area contributed by atoms with Gasteiger partial charge in [0.05, 0.1) is 65.6 Å². The fourth-order valence-corrected chi connectivity index (χ4v) is 9.05. The summed E-state index contributed by atoms with van der Waals surface area (Å²) in [5.41, 5.74) is 14.6. The minimum Gasteiger partial charge on any atom is -0.497 e. The van der Waals surface area contributed by atoms with Gasteiger partial charge in [0.2, 0.25) is 0 Å². The number of aromatic nitrogens is 1. The van der Waals surface area contributed by atoms with Crippen LogP contribution in [0.25, 0.3) is 72.0 Å². The molecule has 1 aromatic heterocycles. The highest BCUT2D eigenvalue weighted by atomic mass is 16.5. The van der Waals surface area contributed by atoms with E-state index >= 15 is 0 Å². The van der Waals surface area contributed by atoms with Crippen LogP contribution in [0, 0.1) is 22.7 Å². The number of nitrogens with zero attached hydrogens (tertiary/aromatic N) is 4. The minimum atomic E-state index is 0.561. The summed E-state index contributed by atoms with van der Waals surface area (Å²) in [5.74, 6) is 2.68. The number of methoxy groups -OCH3 is 2. The SMILES string of the molecule is COc1ccc2c(c1)N(c1cc(-c3ccc(C#N)cc3)c(-n3c4cc(-c5ccccc5)ccc4c4ccc(-c5ccccc5)cc43)c(-c3ccc(C#N)cc3)c1)c1cc(OC)ccc1O2. The second-order valence-corrected chi connectivity index (χ2v) is 15.9. The standard InChI is InChI=1S/C58H38N4O3/c1-63-46-23-27-56-54(33-46)61(55-34-47(64-2)24-28-57(55)65-56)45-31-50(41-17-13-37(35-59)14-18-41)58(51(32-45)42-19-15-38(36-60)16-20-42)62-52-29-43(39-9-5-3-6-10-39)21-25-48(52)49-26-22-44(30-53(49)62)40-11-7-4-8-12-40/h3-34H,1-2H3. The predicted molar refractivity (Wildman–Crippen MR) is 260 cm³/mol. The van der Waals surface area contributed by atoms with E-state index in [0.29, 0.717) is 34.1 Å². The first kappa shape index (κ1) is 38.9. The number of anilines is 3. The Bertz CT molecular complexity index is 3320. The lowest BCUT2D eigenvalue weighted by molar-refractivity contribution is 0.410. The molecule has 10 aromatic rings. The molecule has 0 unspecified atom stereocenters. The van der Waals surface area contributed by atoms with Crippen LogP contribution >= 0.6 is 0 Å². The molecule has 1 aliphatic heterocycles. The molecule has 2 heterocycles. The van der Waals surface area contributed by atoms with Crippen molar-refractivity contribution in [1.82, 2.24) is 4.57 Å². The molecule has 0 bridgehead atoms. The molecule has 1 aliphatic rings. The van der Waals surface area contributed by atoms with Crippen molar-refractivity contribution in [3.05, 3.63) is 205 Å². The first-order valence-corrected chi connectivity index (χ1v) is 21.2. The van der Waals surface area contributed by atoms with E-state index in [1.165, 1.54) is 0 Å². The van der Waals surface area contributed by atoms with Crippen LogP contribution in [0.4, 0.5) is 17.1 Å². The Morgan fingerprint density at radius 2 is 0.862 bits per heavy atom. The van der Waals surface area contributed by atoms with Crippen LogP contribution in [0.5, 0.6) is 23.0 Å². The van der Waals surface area contributed by atoms with Gasteiger partial charge in [-0.3, -0.25) is 0 Å². The molecule has 0 N–H and O–H groups in total. The summed E-state index contributed by atoms with van der Waals surface area (Å²) in [5, 5.41) is 22.2. The minimum absolute atomic E-state index is 0.561. The Morgan fingerprint density at radius 3 is 1.28 bits per heavy atom. The molecule has 0 saturated carbocycles. The van der Waals surface area contributed by atoms with Gasteiger partial charge in [0.15, 0.2) is 11.5 Å². The van der Waals surface area contributed by atoms with Gasteiger partial charge < -0.3 is 23.7 Å². The second-order valence-electron chi connectivity index (χ2n) is 15.9. The van der Waals surface area contributed by atoms with E-state index in [2.05, 4.69) is 119 Å². The van der Waals surface area contributed by atoms with Crippen molar-refractivity contribution >= 4 is 38.9 Å². The third kappa shape index (κ3) is 6.76. The van der Waals surface area contributed by atoms with Gasteiger partial charge in [0, 0.05) is 39.7 Å². The van der Waals surface area contributed by atoms with E-state index in [4.69, 9.17) is 14.2 Å². The highest BCUT2D eigenvalue weighted by molar-refractivity contribution is 6.13. The number of benzene rings is 9. The van der Waals surface area contributed by atoms with Crippen LogP contribution in [-0.2, 0) is 0 Å². The van der Waals surface area contributed by atoms with Crippen molar-refractivity contribution in [3.8, 4) is 85.3 Å². The molecular weight excluding hydrogens is 801 g/mol. The number of rotatable bonds is 8. The first-order chi connectivity index (χ1) is 32.0. The average Bonchev–Trinajstić information content (AvgIpc) is 3.70. The van der Waals surface area contributed by atoms with E-state index < -0.39 is 0 Å². The lowest BCUT2D eigenvalue weighted by atomic mass is 9.92. The van der Waals surface area contributed by atoms with Gasteiger partial charge in [-0.15, -0.1) is 0 Å². The molecule has 308 valence electrons. The van der Waals surface area contributed by atoms with Gasteiger partial charge in [0.25, 0.3) is 0 Å². The molecule has 7 heteroatoms. The van der Waals surface area contributed by atoms with E-state index in [1.807, 2.05) is 97.1 Å². The lowest BCUT2D eigenvalue weighted by Crippen LogP contribution is -2.17. The molecule has 65 heavy (non-hydrogen) atoms. The third-order valence-corrected chi connectivity index (χ3v) is 12.2. The van der Waals surface area contributed by atoms with Crippen molar-refractivity contribution in [2.75, 3.05) is 19.1 Å². The highest BCUT2D eigenvalue weighted by Crippen LogP contribution is 2.54. The quantitative estimate of drug-likeness (QED) is 0.152. The Hall–Kier alpha value is -9.04. The summed E-state index contributed by atoms with van der Waals surface area (Å²) in [6, 6.07) is 70.7. The first-order valence-electron chi connectivity index (χ1n) is 21.2. The number of hydrogen-bond donors (Lipinski definition) is 0. The summed E-state index contributed by atoms with van der Waals surface area (Å²) in [6.45, 7) is 0. The fourth-order valence-electron chi connectivity index (χ4n) is 9.05. The topological polar surface area (TPSA) is 83.4 Å². The zero-order chi connectivity index (χ0) is 44.0. The number of ether oxygens (including phenoxy) is 3. The van der Waals surface area contributed by atoms with Crippen molar-refractivity contribution in [2.24, 2.45) is 0 Å². The molecule has 0 radical (unpaired) electrons. The van der Waals surface area contributed by atoms with E-state index in [1.54, 1.807) is 14.2 Å². The Labute approximate surface area is 376 Å². The van der Waals surface area contributed by atoms with Crippen molar-refractivity contribution in [2.45, 2.75) is 0 Å². The van der Waals surface area contributed by atoms with Crippen molar-refractivity contribution in [3.63, 3.8) is 0 Å². The van der Waals surface area contributed by atoms with Crippen LogP contribution in [-0.4, -0.2) is 18.8 Å². The molecule has 0 aliphatic carbocycles. The van der Waals surface area contributed by atoms with Crippen LogP contribution < -0.4 is 19.1 Å². The maximum atomic E-state index is 9.99. The molecule has 9 aromatic carbocycles. The largest absolute Gasteiger partial charge is 0.497 e. The molecule has 0 fully saturated rings. The van der Waals surface area contributed by atoms with Crippen molar-refractivity contribution in [1.29, 1.82) is 10.5 Å². The summed E-state index contributed by atoms with van der Waals surface area (Å²) in [4.78, 5) is 2.19. The Kier molecular flexibility index (Phi) is 9.57. The van der Waals surface area contributed by atoms with Crippen LogP contribution in [0.1, 0.15) is 11.1 Å². The zero-order valence-corrected chi connectivity index (χ0v) is 35.5. The normalized spacial score (nSPS) is 11.6. The number of nitriles is 2. The lowest BCUT2D eigenvalue weighted by Gasteiger charge is -2.34. The number of fused-ring (bicyclic) bond motifs is 5. The van der Waals surface area contributed by atoms with Crippen LogP contribution in [0.15, 0.2) is 194 Å². The highest BCUT2D eigenvalue weighted by Gasteiger charge is 2.30. The monoisotopic (exact) mass is 838 g/mol. The van der Waals surface area contributed by atoms with Crippen LogP contribution in [0.2, 0.25) is 0 Å². The van der Waals surface area contributed by atoms with Gasteiger partial charge in [0.1, 0.15) is 11.5 Å². The summed E-state index contributed by atoms with van der Waals surface area (Å²) >= 11 is 0. The number of hydrogen-bond acceptors (Lipinski definition) is 6. The molecule has 0 saturated heterocycles. The van der Waals surface area contributed by atoms with Crippen molar-refractivity contribution < 1.29 is 14.2 Å². The molecule has 7 nitrogen and oxygen atoms in total. The Balaban J connectivity index is 1.30. The van der Waals surface area contributed by atoms with Gasteiger partial charge in [-0.2, -0.15) is 10.5 Å². The van der Waals surface area contributed by atoms with E-state index in [9.17, 15) is 10.5 Å². The van der Waals surface area contributed by atoms with Gasteiger partial charge >= 0.3 is 0 Å². The second kappa shape index (κ2) is 16.0. The average molecular weight is 839 g/mol. The zero-order valence-electron chi connectivity index (χ0n) is 35.5. The molecule has 0 atom stereocenters. The maximum absolute atomic E-state index is 9.99. The van der Waals surface area contributed by atoms with E-state index in [-0.39, 0.29) is 0 Å². The summed E-state index contributed by atoms with van der Waals surface area (Å²) in [6.07, 6.45) is 0. The third-order valence-electron chi connectivity index (χ3n) is 12.2. The Morgan fingerprint density at radius 1 is 0.431 bits per heavy atom. The van der Waals surface area contributed by atoms with Gasteiger partial charge in [-0.1, -0.05) is 109 Å². The van der Waals surface area contributed by atoms with E-state index in [0.717, 1.165) is 89.1 Å². The van der Waals surface area contributed by atoms with Crippen LogP contribution in [0.3, 0.4) is 0 Å². The predicted octanol–water partition coefficient (Wildman–Crippen LogP) is 14.8. The molecule has 11 rings (SSSR count). The molecule has 0 spiro atoms. The molecule has 0 amide bonds. The smallest absolute Gasteiger partial charge is 0.151 e. The summed E-state index contributed by atoms with van der Waals surface area (Å²) < 4.78 is 20.6. The van der Waals surface area contributed by atoms with Gasteiger partial charge in [-0.25, -0.2) is 0 Å².